The summed E-state index contributed by atoms with van der Waals surface area (Å²) in [7, 11) is 0. The van der Waals surface area contributed by atoms with Crippen LogP contribution in [-0.4, -0.2) is 9.55 Å². The highest BCUT2D eigenvalue weighted by Crippen LogP contribution is 2.18. The molecule has 0 fully saturated rings. The number of hydrogen-bond acceptors (Lipinski definition) is 3. The molecule has 1 aromatic carbocycles. The Morgan fingerprint density at radius 1 is 1.44 bits per heavy atom. The highest BCUT2D eigenvalue weighted by Gasteiger charge is 2.03. The first kappa shape index (κ1) is 10.7. The maximum absolute atomic E-state index is 8.83. The maximum Gasteiger partial charge on any atom is 0.213 e. The number of nitrogen functional groups attached to an aromatic ring is 1. The zero-order chi connectivity index (χ0) is 11.5. The van der Waals surface area contributed by atoms with Gasteiger partial charge in [0.1, 0.15) is 6.07 Å². The lowest BCUT2D eigenvalue weighted by atomic mass is 10.2. The molecule has 0 saturated carbocycles. The van der Waals surface area contributed by atoms with Gasteiger partial charge in [-0.05, 0) is 23.8 Å². The molecule has 5 heteroatoms. The lowest BCUT2D eigenvalue weighted by Crippen LogP contribution is -2.02. The molecule has 0 bridgehead atoms. The number of nitrogens with two attached hydrogens (primary N) is 1. The lowest BCUT2D eigenvalue weighted by Gasteiger charge is -2.05. The van der Waals surface area contributed by atoms with Gasteiger partial charge in [-0.1, -0.05) is 15.9 Å². The molecular weight excluding hydrogens is 268 g/mol. The second-order valence-electron chi connectivity index (χ2n) is 3.38. The maximum atomic E-state index is 8.83. The Labute approximate surface area is 101 Å². The third kappa shape index (κ3) is 2.23. The number of nitrogens with zero attached hydrogens (tertiary/aromatic N) is 3. The van der Waals surface area contributed by atoms with Crippen molar-refractivity contribution in [1.82, 2.24) is 9.55 Å². The van der Waals surface area contributed by atoms with E-state index >= 15 is 0 Å². The first-order chi connectivity index (χ1) is 7.69. The van der Waals surface area contributed by atoms with Crippen molar-refractivity contribution in [2.24, 2.45) is 0 Å². The molecule has 1 heterocycles. The van der Waals surface area contributed by atoms with Gasteiger partial charge in [0.15, 0.2) is 0 Å². The van der Waals surface area contributed by atoms with Crippen LogP contribution in [0.1, 0.15) is 11.4 Å². The summed E-state index contributed by atoms with van der Waals surface area (Å²) >= 11 is 3.38. The average Bonchev–Trinajstić information content (AvgIpc) is 2.63. The SMILES string of the molecule is N#Cc1nccn1Cc1cc(N)cc(Br)c1. The summed E-state index contributed by atoms with van der Waals surface area (Å²) in [6, 6.07) is 7.72. The fraction of sp³-hybridized carbons (Fsp3) is 0.0909. The first-order valence-corrected chi connectivity index (χ1v) is 5.44. The number of rotatable bonds is 2. The molecule has 0 unspecified atom stereocenters. The molecule has 0 radical (unpaired) electrons. The summed E-state index contributed by atoms with van der Waals surface area (Å²) < 4.78 is 2.71. The predicted molar refractivity (Wildman–Crippen MR) is 64.6 cm³/mol. The van der Waals surface area contributed by atoms with E-state index in [1.54, 1.807) is 17.0 Å². The zero-order valence-corrected chi connectivity index (χ0v) is 9.98. The minimum atomic E-state index is 0.401. The minimum Gasteiger partial charge on any atom is -0.399 e. The first-order valence-electron chi connectivity index (χ1n) is 4.65. The van der Waals surface area contributed by atoms with Crippen LogP contribution in [0.2, 0.25) is 0 Å². The van der Waals surface area contributed by atoms with Crippen molar-refractivity contribution in [2.75, 3.05) is 5.73 Å². The third-order valence-electron chi connectivity index (χ3n) is 2.15. The Bertz CT molecular complexity index is 533. The molecule has 80 valence electrons. The summed E-state index contributed by atoms with van der Waals surface area (Å²) in [4.78, 5) is 3.93. The Kier molecular flexibility index (Phi) is 2.93. The van der Waals surface area contributed by atoms with Crippen LogP contribution in [0.3, 0.4) is 0 Å². The van der Waals surface area contributed by atoms with Crippen LogP contribution in [0.5, 0.6) is 0 Å². The molecule has 0 aliphatic heterocycles. The summed E-state index contributed by atoms with van der Waals surface area (Å²) in [5.74, 6) is 0.401. The van der Waals surface area contributed by atoms with E-state index in [1.807, 2.05) is 24.3 Å². The van der Waals surface area contributed by atoms with Crippen molar-refractivity contribution in [1.29, 1.82) is 5.26 Å². The van der Waals surface area contributed by atoms with Gasteiger partial charge in [0.05, 0.1) is 0 Å². The summed E-state index contributed by atoms with van der Waals surface area (Å²) in [5, 5.41) is 8.83. The Morgan fingerprint density at radius 3 is 2.94 bits per heavy atom. The van der Waals surface area contributed by atoms with E-state index in [1.165, 1.54) is 0 Å². The molecule has 16 heavy (non-hydrogen) atoms. The van der Waals surface area contributed by atoms with Crippen molar-refractivity contribution in [3.05, 3.63) is 46.5 Å². The van der Waals surface area contributed by atoms with Crippen molar-refractivity contribution in [3.63, 3.8) is 0 Å². The monoisotopic (exact) mass is 276 g/mol. The van der Waals surface area contributed by atoms with Gasteiger partial charge in [-0.2, -0.15) is 5.26 Å². The largest absolute Gasteiger partial charge is 0.399 e. The van der Waals surface area contributed by atoms with E-state index in [4.69, 9.17) is 11.0 Å². The molecule has 0 amide bonds. The van der Waals surface area contributed by atoms with Gasteiger partial charge < -0.3 is 10.3 Å². The van der Waals surface area contributed by atoms with Crippen LogP contribution in [-0.2, 0) is 6.54 Å². The van der Waals surface area contributed by atoms with E-state index in [0.717, 1.165) is 10.0 Å². The number of aromatic nitrogens is 2. The fourth-order valence-electron chi connectivity index (χ4n) is 1.51. The van der Waals surface area contributed by atoms with Gasteiger partial charge in [-0.15, -0.1) is 0 Å². The summed E-state index contributed by atoms with van der Waals surface area (Å²) in [6.45, 7) is 0.590. The predicted octanol–water partition coefficient (Wildman–Crippen LogP) is 2.15. The van der Waals surface area contributed by atoms with Crippen molar-refractivity contribution < 1.29 is 0 Å². The normalized spacial score (nSPS) is 10.0. The van der Waals surface area contributed by atoms with Crippen molar-refractivity contribution >= 4 is 21.6 Å². The van der Waals surface area contributed by atoms with Crippen LogP contribution < -0.4 is 5.73 Å². The van der Waals surface area contributed by atoms with Crippen molar-refractivity contribution in [3.8, 4) is 6.07 Å². The molecule has 0 spiro atoms. The van der Waals surface area contributed by atoms with Gasteiger partial charge in [0.25, 0.3) is 0 Å². The van der Waals surface area contributed by atoms with Gasteiger partial charge >= 0.3 is 0 Å². The summed E-state index contributed by atoms with van der Waals surface area (Å²) in [6.07, 6.45) is 3.38. The molecule has 4 nitrogen and oxygen atoms in total. The number of benzene rings is 1. The van der Waals surface area contributed by atoms with Gasteiger partial charge in [0, 0.05) is 29.1 Å². The molecule has 0 aliphatic carbocycles. The standard InChI is InChI=1S/C11H9BrN4/c12-9-3-8(4-10(14)5-9)7-16-2-1-15-11(16)6-13/h1-5H,7,14H2. The number of anilines is 1. The van der Waals surface area contributed by atoms with Crippen LogP contribution in [0.15, 0.2) is 35.1 Å². The van der Waals surface area contributed by atoms with Gasteiger partial charge in [-0.25, -0.2) is 4.98 Å². The summed E-state index contributed by atoms with van der Waals surface area (Å²) in [5.41, 5.74) is 7.47. The number of halogens is 1. The number of nitriles is 1. The molecule has 2 N–H and O–H groups in total. The molecule has 0 saturated heterocycles. The second kappa shape index (κ2) is 4.37. The van der Waals surface area contributed by atoms with Crippen molar-refractivity contribution in [2.45, 2.75) is 6.54 Å². The van der Waals surface area contributed by atoms with E-state index in [9.17, 15) is 0 Å². The highest BCUT2D eigenvalue weighted by molar-refractivity contribution is 9.10. The molecule has 2 aromatic rings. The fourth-order valence-corrected chi connectivity index (χ4v) is 2.07. The van der Waals surface area contributed by atoms with E-state index in [2.05, 4.69) is 20.9 Å². The highest BCUT2D eigenvalue weighted by atomic mass is 79.9. The molecule has 1 aromatic heterocycles. The van der Waals surface area contributed by atoms with Gasteiger partial charge in [-0.3, -0.25) is 0 Å². The quantitative estimate of drug-likeness (QED) is 0.855. The average molecular weight is 277 g/mol. The minimum absolute atomic E-state index is 0.401. The third-order valence-corrected chi connectivity index (χ3v) is 2.61. The Morgan fingerprint density at radius 2 is 2.25 bits per heavy atom. The topological polar surface area (TPSA) is 67.6 Å². The van der Waals surface area contributed by atoms with E-state index in [0.29, 0.717) is 18.1 Å². The Hall–Kier alpha value is -1.80. The zero-order valence-electron chi connectivity index (χ0n) is 8.39. The van der Waals surface area contributed by atoms with Crippen LogP contribution >= 0.6 is 15.9 Å². The second-order valence-corrected chi connectivity index (χ2v) is 4.30. The van der Waals surface area contributed by atoms with Crippen LogP contribution in [0, 0.1) is 11.3 Å². The molecular formula is C11H9BrN4. The Balaban J connectivity index is 2.31. The van der Waals surface area contributed by atoms with Gasteiger partial charge in [0.2, 0.25) is 5.82 Å². The molecule has 0 aliphatic rings. The van der Waals surface area contributed by atoms with Crippen LogP contribution in [0.4, 0.5) is 5.69 Å². The number of imidazole rings is 1. The molecule has 0 atom stereocenters. The number of hydrogen-bond donors (Lipinski definition) is 1. The molecule has 2 rings (SSSR count). The van der Waals surface area contributed by atoms with Crippen LogP contribution in [0.25, 0.3) is 0 Å². The van der Waals surface area contributed by atoms with E-state index < -0.39 is 0 Å². The lowest BCUT2D eigenvalue weighted by molar-refractivity contribution is 0.782. The van der Waals surface area contributed by atoms with E-state index in [-0.39, 0.29) is 0 Å². The smallest absolute Gasteiger partial charge is 0.213 e.